The molecule has 4 aromatic heterocycles. The van der Waals surface area contributed by atoms with Crippen LogP contribution in [0, 0.1) is 16.7 Å². The average molecular weight is 576 g/mol. The molecule has 0 aliphatic carbocycles. The number of hydrogen-bond donors (Lipinski definition) is 2. The molecule has 0 saturated carbocycles. The summed E-state index contributed by atoms with van der Waals surface area (Å²) in [5.74, 6) is 0.784. The molecule has 0 radical (unpaired) electrons. The summed E-state index contributed by atoms with van der Waals surface area (Å²) in [6, 6.07) is 11.3. The Balaban J connectivity index is 1.26. The third kappa shape index (κ3) is 6.50. The SMILES string of the molecule is CN/C=C(\C=N)c1cc(-c2ccc(N3CCN(Cc4ccc(OCC(F)(F)F)nc4)CC3)nc2)c2c(C#N)cnn2c1. The smallest absolute Gasteiger partial charge is 0.422 e. The van der Waals surface area contributed by atoms with Crippen molar-refractivity contribution in [2.75, 3.05) is 44.7 Å². The average Bonchev–Trinajstić information content (AvgIpc) is 3.42. The van der Waals surface area contributed by atoms with Gasteiger partial charge in [0.25, 0.3) is 0 Å². The summed E-state index contributed by atoms with van der Waals surface area (Å²) in [5, 5.41) is 24.8. The van der Waals surface area contributed by atoms with Gasteiger partial charge in [0, 0.05) is 99.1 Å². The van der Waals surface area contributed by atoms with Crippen molar-refractivity contribution < 1.29 is 17.9 Å². The summed E-state index contributed by atoms with van der Waals surface area (Å²) >= 11 is 0. The van der Waals surface area contributed by atoms with Crippen LogP contribution in [0.15, 0.2) is 61.3 Å². The summed E-state index contributed by atoms with van der Waals surface area (Å²) in [7, 11) is 1.77. The van der Waals surface area contributed by atoms with E-state index in [0.717, 1.165) is 54.3 Å². The number of nitrogens with one attached hydrogen (secondary N) is 2. The van der Waals surface area contributed by atoms with Crippen molar-refractivity contribution in [2.45, 2.75) is 12.7 Å². The first-order chi connectivity index (χ1) is 20.3. The van der Waals surface area contributed by atoms with Crippen molar-refractivity contribution >= 4 is 23.1 Å². The maximum atomic E-state index is 12.3. The first-order valence-electron chi connectivity index (χ1n) is 13.2. The monoisotopic (exact) mass is 575 g/mol. The molecule has 1 aliphatic heterocycles. The van der Waals surface area contributed by atoms with Crippen LogP contribution in [0.4, 0.5) is 19.0 Å². The van der Waals surface area contributed by atoms with Gasteiger partial charge in [-0.25, -0.2) is 14.5 Å². The zero-order valence-electron chi connectivity index (χ0n) is 22.8. The zero-order chi connectivity index (χ0) is 29.7. The molecule has 0 unspecified atom stereocenters. The Morgan fingerprint density at radius 3 is 2.55 bits per heavy atom. The van der Waals surface area contributed by atoms with E-state index < -0.39 is 12.8 Å². The molecule has 1 fully saturated rings. The molecule has 1 aliphatic rings. The third-order valence-electron chi connectivity index (χ3n) is 6.86. The van der Waals surface area contributed by atoms with E-state index in [1.807, 2.05) is 18.2 Å². The lowest BCUT2D eigenvalue weighted by atomic mass is 10.0. The number of piperazine rings is 1. The normalized spacial score (nSPS) is 14.5. The highest BCUT2D eigenvalue weighted by atomic mass is 19.4. The maximum Gasteiger partial charge on any atom is 0.422 e. The maximum absolute atomic E-state index is 12.3. The molecule has 42 heavy (non-hydrogen) atoms. The van der Waals surface area contributed by atoms with Crippen LogP contribution in [-0.2, 0) is 6.54 Å². The molecule has 0 atom stereocenters. The van der Waals surface area contributed by atoms with Crippen molar-refractivity contribution in [3.05, 3.63) is 78.0 Å². The quantitative estimate of drug-likeness (QED) is 0.286. The Bertz CT molecular complexity index is 1620. The molecule has 5 rings (SSSR count). The number of aromatic nitrogens is 4. The summed E-state index contributed by atoms with van der Waals surface area (Å²) in [4.78, 5) is 13.2. The molecule has 0 aromatic carbocycles. The van der Waals surface area contributed by atoms with Gasteiger partial charge in [-0.2, -0.15) is 23.5 Å². The lowest BCUT2D eigenvalue weighted by Gasteiger charge is -2.35. The number of anilines is 1. The molecule has 10 nitrogen and oxygen atoms in total. The zero-order valence-corrected chi connectivity index (χ0v) is 22.8. The number of nitrogens with zero attached hydrogens (tertiary/aromatic N) is 7. The molecule has 13 heteroatoms. The van der Waals surface area contributed by atoms with Crippen LogP contribution in [0.2, 0.25) is 0 Å². The van der Waals surface area contributed by atoms with E-state index in [0.29, 0.717) is 23.2 Å². The van der Waals surface area contributed by atoms with Crippen LogP contribution >= 0.6 is 0 Å². The number of pyridine rings is 3. The summed E-state index contributed by atoms with van der Waals surface area (Å²) in [6.45, 7) is 2.34. The van der Waals surface area contributed by atoms with E-state index >= 15 is 0 Å². The van der Waals surface area contributed by atoms with Crippen molar-refractivity contribution in [2.24, 2.45) is 0 Å². The summed E-state index contributed by atoms with van der Waals surface area (Å²) in [5.41, 5.74) is 5.07. The van der Waals surface area contributed by atoms with Crippen molar-refractivity contribution in [1.29, 1.82) is 10.7 Å². The first-order valence-corrected chi connectivity index (χ1v) is 13.2. The lowest BCUT2D eigenvalue weighted by Crippen LogP contribution is -2.46. The molecule has 216 valence electrons. The standard InChI is InChI=1S/C29H28F3N9O/c1-35-14-23(11-33)22-10-25(28-24(12-34)16-38-41(28)18-22)21-3-4-26(36-15-21)40-8-6-39(7-9-40)17-20-2-5-27(37-13-20)42-19-29(30,31)32/h2-5,10-11,13-16,18,33,35H,6-9,17,19H2,1H3/b23-14+,33-11?. The predicted octanol–water partition coefficient (Wildman–Crippen LogP) is 4.14. The topological polar surface area (TPSA) is 118 Å². The fraction of sp³-hybridized carbons (Fsp3) is 0.276. The van der Waals surface area contributed by atoms with Gasteiger partial charge in [-0.05, 0) is 23.8 Å². The van der Waals surface area contributed by atoms with Crippen molar-refractivity contribution in [3.8, 4) is 23.1 Å². The molecular weight excluding hydrogens is 547 g/mol. The van der Waals surface area contributed by atoms with Crippen LogP contribution in [0.5, 0.6) is 5.88 Å². The van der Waals surface area contributed by atoms with Crippen LogP contribution in [-0.4, -0.2) is 76.7 Å². The second-order valence-electron chi connectivity index (χ2n) is 9.72. The number of nitriles is 1. The van der Waals surface area contributed by atoms with E-state index in [1.54, 1.807) is 42.4 Å². The van der Waals surface area contributed by atoms with Crippen LogP contribution in [0.25, 0.3) is 22.2 Å². The van der Waals surface area contributed by atoms with E-state index in [1.165, 1.54) is 18.5 Å². The van der Waals surface area contributed by atoms with Crippen LogP contribution in [0.1, 0.15) is 16.7 Å². The number of allylic oxidation sites excluding steroid dienone is 1. The summed E-state index contributed by atoms with van der Waals surface area (Å²) in [6.07, 6.45) is 5.24. The second-order valence-corrected chi connectivity index (χ2v) is 9.72. The van der Waals surface area contributed by atoms with Gasteiger partial charge in [-0.15, -0.1) is 0 Å². The predicted molar refractivity (Wildman–Crippen MR) is 152 cm³/mol. The number of fused-ring (bicyclic) bond motifs is 1. The number of halogens is 3. The molecule has 0 amide bonds. The fourth-order valence-corrected chi connectivity index (χ4v) is 4.82. The minimum atomic E-state index is -4.40. The minimum absolute atomic E-state index is 0.0513. The van der Waals surface area contributed by atoms with Crippen molar-refractivity contribution in [3.63, 3.8) is 0 Å². The number of ether oxygens (including phenoxy) is 1. The van der Waals surface area contributed by atoms with Gasteiger partial charge >= 0.3 is 6.18 Å². The fourth-order valence-electron chi connectivity index (χ4n) is 4.82. The lowest BCUT2D eigenvalue weighted by molar-refractivity contribution is -0.154. The van der Waals surface area contributed by atoms with Gasteiger partial charge in [0.15, 0.2) is 6.61 Å². The van der Waals surface area contributed by atoms with Crippen LogP contribution in [0.3, 0.4) is 0 Å². The highest BCUT2D eigenvalue weighted by Crippen LogP contribution is 2.31. The Hall–Kier alpha value is -4.96. The van der Waals surface area contributed by atoms with E-state index in [2.05, 4.69) is 36.0 Å². The first kappa shape index (κ1) is 28.6. The number of rotatable bonds is 9. The van der Waals surface area contributed by atoms with E-state index in [4.69, 9.17) is 10.4 Å². The second kappa shape index (κ2) is 12.3. The van der Waals surface area contributed by atoms with E-state index in [9.17, 15) is 18.4 Å². The highest BCUT2D eigenvalue weighted by molar-refractivity contribution is 6.08. The molecule has 2 N–H and O–H groups in total. The number of hydrogen-bond acceptors (Lipinski definition) is 9. The number of alkyl halides is 3. The van der Waals surface area contributed by atoms with Gasteiger partial charge in [-0.3, -0.25) is 4.90 Å². The van der Waals surface area contributed by atoms with Gasteiger partial charge in [0.05, 0.1) is 17.3 Å². The molecule has 5 heterocycles. The molecule has 1 saturated heterocycles. The highest BCUT2D eigenvalue weighted by Gasteiger charge is 2.28. The van der Waals surface area contributed by atoms with Crippen LogP contribution < -0.4 is 15.0 Å². The van der Waals surface area contributed by atoms with Crippen molar-refractivity contribution in [1.82, 2.24) is 29.8 Å². The minimum Gasteiger partial charge on any atom is -0.468 e. The molecular formula is C29H28F3N9O. The molecule has 0 spiro atoms. The molecule has 4 aromatic rings. The Labute approximate surface area is 240 Å². The Morgan fingerprint density at radius 1 is 1.12 bits per heavy atom. The van der Waals surface area contributed by atoms with Gasteiger partial charge in [0.2, 0.25) is 5.88 Å². The Kier molecular flexibility index (Phi) is 8.35. The van der Waals surface area contributed by atoms with E-state index in [-0.39, 0.29) is 5.88 Å². The van der Waals surface area contributed by atoms with Gasteiger partial charge in [-0.1, -0.05) is 6.07 Å². The Morgan fingerprint density at radius 2 is 1.93 bits per heavy atom. The molecule has 0 bridgehead atoms. The largest absolute Gasteiger partial charge is 0.468 e. The summed E-state index contributed by atoms with van der Waals surface area (Å²) < 4.78 is 43.3. The van der Waals surface area contributed by atoms with Gasteiger partial charge < -0.3 is 20.4 Å². The van der Waals surface area contributed by atoms with Gasteiger partial charge in [0.1, 0.15) is 11.9 Å². The third-order valence-corrected chi connectivity index (χ3v) is 6.86.